The maximum absolute atomic E-state index is 5.73. The number of rotatable bonds is 2. The van der Waals surface area contributed by atoms with E-state index >= 15 is 0 Å². The van der Waals surface area contributed by atoms with Crippen LogP contribution in [0.1, 0.15) is 13.8 Å². The van der Waals surface area contributed by atoms with Crippen LogP contribution in [-0.4, -0.2) is 22.0 Å². The zero-order chi connectivity index (χ0) is 5.91. The average molecular weight is 139 g/mol. The van der Waals surface area contributed by atoms with Crippen LogP contribution in [0.3, 0.4) is 0 Å². The molecule has 0 aromatic rings. The zero-order valence-electron chi connectivity index (χ0n) is 4.99. The Hall–Kier alpha value is 0.467. The molecule has 44 valence electrons. The van der Waals surface area contributed by atoms with Gasteiger partial charge < -0.3 is 4.43 Å². The standard InChI is InChI=1S/C4H11ClOSi/c1-4(2,5)3-6-7/h3H2,1-2,7H3. The molecule has 1 nitrogen and oxygen atoms in total. The zero-order valence-corrected chi connectivity index (χ0v) is 7.75. The van der Waals surface area contributed by atoms with Crippen LogP contribution in [0.2, 0.25) is 0 Å². The van der Waals surface area contributed by atoms with Gasteiger partial charge in [-0.05, 0) is 13.8 Å². The summed E-state index contributed by atoms with van der Waals surface area (Å²) in [5.74, 6) is 0. The molecule has 0 atom stereocenters. The molecule has 0 aliphatic carbocycles. The molecule has 0 fully saturated rings. The average Bonchev–Trinajstić information content (AvgIpc) is 1.30. The second-order valence-corrected chi connectivity index (χ2v) is 3.75. The van der Waals surface area contributed by atoms with Crippen LogP contribution >= 0.6 is 11.6 Å². The second kappa shape index (κ2) is 2.70. The minimum Gasteiger partial charge on any atom is -0.426 e. The van der Waals surface area contributed by atoms with Crippen molar-refractivity contribution in [1.29, 1.82) is 0 Å². The molecule has 0 saturated heterocycles. The SMILES string of the molecule is CC(C)(Cl)CO[SiH3]. The lowest BCUT2D eigenvalue weighted by Gasteiger charge is -2.12. The van der Waals surface area contributed by atoms with E-state index in [0.29, 0.717) is 6.61 Å². The van der Waals surface area contributed by atoms with Crippen molar-refractivity contribution in [1.82, 2.24) is 0 Å². The van der Waals surface area contributed by atoms with Gasteiger partial charge in [0.2, 0.25) is 0 Å². The first-order chi connectivity index (χ1) is 3.06. The normalized spacial score (nSPS) is 12.4. The van der Waals surface area contributed by atoms with Gasteiger partial charge in [-0.2, -0.15) is 0 Å². The summed E-state index contributed by atoms with van der Waals surface area (Å²) in [4.78, 5) is -0.165. The Morgan fingerprint density at radius 3 is 2.14 bits per heavy atom. The third-order valence-corrected chi connectivity index (χ3v) is 0.885. The number of hydrogen-bond acceptors (Lipinski definition) is 1. The van der Waals surface area contributed by atoms with Gasteiger partial charge in [-0.25, -0.2) is 0 Å². The van der Waals surface area contributed by atoms with Crippen LogP contribution in [0.5, 0.6) is 0 Å². The van der Waals surface area contributed by atoms with Crippen LogP contribution in [0.25, 0.3) is 0 Å². The van der Waals surface area contributed by atoms with E-state index in [1.165, 1.54) is 0 Å². The van der Waals surface area contributed by atoms with Crippen LogP contribution in [0, 0.1) is 0 Å². The molecule has 0 spiro atoms. The molecular formula is C4H11ClOSi. The van der Waals surface area contributed by atoms with Crippen molar-refractivity contribution >= 4 is 22.1 Å². The van der Waals surface area contributed by atoms with Gasteiger partial charge in [0.05, 0.1) is 11.5 Å². The topological polar surface area (TPSA) is 9.23 Å². The van der Waals surface area contributed by atoms with Crippen molar-refractivity contribution in [2.24, 2.45) is 0 Å². The van der Waals surface area contributed by atoms with Gasteiger partial charge >= 0.3 is 0 Å². The molecule has 0 unspecified atom stereocenters. The van der Waals surface area contributed by atoms with E-state index in [0.717, 1.165) is 10.5 Å². The van der Waals surface area contributed by atoms with E-state index in [1.54, 1.807) is 0 Å². The third-order valence-electron chi connectivity index (χ3n) is 0.488. The first-order valence-electron chi connectivity index (χ1n) is 2.24. The van der Waals surface area contributed by atoms with E-state index in [9.17, 15) is 0 Å². The highest BCUT2D eigenvalue weighted by Crippen LogP contribution is 2.10. The predicted octanol–water partition coefficient (Wildman–Crippen LogP) is 0.301. The lowest BCUT2D eigenvalue weighted by Crippen LogP contribution is -2.17. The van der Waals surface area contributed by atoms with Gasteiger partial charge in [0.25, 0.3) is 0 Å². The first-order valence-corrected chi connectivity index (χ1v) is 3.43. The van der Waals surface area contributed by atoms with Crippen LogP contribution in [0.15, 0.2) is 0 Å². The van der Waals surface area contributed by atoms with E-state index in [4.69, 9.17) is 16.0 Å². The Morgan fingerprint density at radius 2 is 2.14 bits per heavy atom. The van der Waals surface area contributed by atoms with Gasteiger partial charge in [0.1, 0.15) is 10.5 Å². The fourth-order valence-corrected chi connectivity index (χ4v) is 1.36. The molecule has 0 aromatic heterocycles. The minimum atomic E-state index is -0.165. The highest BCUT2D eigenvalue weighted by molar-refractivity contribution is 6.23. The Balaban J connectivity index is 3.15. The van der Waals surface area contributed by atoms with E-state index in [1.807, 2.05) is 13.8 Å². The summed E-state index contributed by atoms with van der Waals surface area (Å²) in [5, 5.41) is 0. The summed E-state index contributed by atoms with van der Waals surface area (Å²) >= 11 is 5.73. The van der Waals surface area contributed by atoms with Crippen LogP contribution in [0.4, 0.5) is 0 Å². The molecule has 0 amide bonds. The Kier molecular flexibility index (Phi) is 2.88. The third kappa shape index (κ3) is 6.47. The maximum Gasteiger partial charge on any atom is 0.146 e. The lowest BCUT2D eigenvalue weighted by atomic mass is 10.2. The molecule has 0 bridgehead atoms. The number of alkyl halides is 1. The predicted molar refractivity (Wildman–Crippen MR) is 35.8 cm³/mol. The van der Waals surface area contributed by atoms with Crippen molar-refractivity contribution < 1.29 is 4.43 Å². The Bertz CT molecular complexity index is 50.1. The van der Waals surface area contributed by atoms with Crippen molar-refractivity contribution in [3.8, 4) is 0 Å². The fraction of sp³-hybridized carbons (Fsp3) is 1.00. The summed E-state index contributed by atoms with van der Waals surface area (Å²) in [6.07, 6.45) is 0. The van der Waals surface area contributed by atoms with E-state index in [-0.39, 0.29) is 4.87 Å². The number of hydrogen-bond donors (Lipinski definition) is 0. The molecule has 0 aromatic carbocycles. The van der Waals surface area contributed by atoms with Gasteiger partial charge in [0, 0.05) is 0 Å². The Labute approximate surface area is 52.5 Å². The van der Waals surface area contributed by atoms with Gasteiger partial charge in [-0.3, -0.25) is 0 Å². The van der Waals surface area contributed by atoms with Gasteiger partial charge in [-0.15, -0.1) is 11.6 Å². The molecule has 0 heterocycles. The molecule has 0 radical (unpaired) electrons. The molecule has 0 saturated carbocycles. The summed E-state index contributed by atoms with van der Waals surface area (Å²) in [6, 6.07) is 0. The quantitative estimate of drug-likeness (QED) is 0.394. The van der Waals surface area contributed by atoms with Crippen LogP contribution < -0.4 is 0 Å². The molecule has 7 heavy (non-hydrogen) atoms. The van der Waals surface area contributed by atoms with Crippen molar-refractivity contribution in [2.45, 2.75) is 18.7 Å². The lowest BCUT2D eigenvalue weighted by molar-refractivity contribution is 0.310. The largest absolute Gasteiger partial charge is 0.426 e. The molecule has 0 N–H and O–H groups in total. The molecule has 0 aliphatic heterocycles. The monoisotopic (exact) mass is 138 g/mol. The Morgan fingerprint density at radius 1 is 1.71 bits per heavy atom. The van der Waals surface area contributed by atoms with Gasteiger partial charge in [0.15, 0.2) is 0 Å². The van der Waals surface area contributed by atoms with Crippen molar-refractivity contribution in [2.75, 3.05) is 6.61 Å². The van der Waals surface area contributed by atoms with E-state index < -0.39 is 0 Å². The summed E-state index contributed by atoms with van der Waals surface area (Å²) in [6.45, 7) is 4.54. The van der Waals surface area contributed by atoms with Crippen molar-refractivity contribution in [3.05, 3.63) is 0 Å². The second-order valence-electron chi connectivity index (χ2n) is 2.15. The van der Waals surface area contributed by atoms with Gasteiger partial charge in [-0.1, -0.05) is 0 Å². The van der Waals surface area contributed by atoms with Crippen LogP contribution in [-0.2, 0) is 4.43 Å². The molecule has 0 aliphatic rings. The highest BCUT2D eigenvalue weighted by Gasteiger charge is 2.10. The molecule has 0 rings (SSSR count). The summed E-state index contributed by atoms with van der Waals surface area (Å²) < 4.78 is 4.91. The van der Waals surface area contributed by atoms with Crippen molar-refractivity contribution in [3.63, 3.8) is 0 Å². The molecular weight excluding hydrogens is 128 g/mol. The fourth-order valence-electron chi connectivity index (χ4n) is 0.343. The highest BCUT2D eigenvalue weighted by atomic mass is 35.5. The van der Waals surface area contributed by atoms with E-state index in [2.05, 4.69) is 0 Å². The number of halogens is 1. The smallest absolute Gasteiger partial charge is 0.146 e. The maximum atomic E-state index is 5.73. The summed E-state index contributed by atoms with van der Waals surface area (Å²) in [5.41, 5.74) is 0. The summed E-state index contributed by atoms with van der Waals surface area (Å²) in [7, 11) is 0.785. The first kappa shape index (κ1) is 7.47. The minimum absolute atomic E-state index is 0.165. The molecule has 3 heteroatoms.